The predicted octanol–water partition coefficient (Wildman–Crippen LogP) is 3.44. The standard InChI is InChI=1S/C29H50N2O8/c1-5-36-26(32)18-24(28(34)38-7-3)30-22-13-9-20(10-14-22)17-21-11-15-23(16-12-21)31-25(29(35)39-8-4)19-27(33)37-6-2/h20-25,30-31H,5-19H2,1-4H3/t20?,21?,22?,23?,24-,25-/m0/s1. The summed E-state index contributed by atoms with van der Waals surface area (Å²) in [5.74, 6) is -0.275. The molecule has 0 heterocycles. The quantitative estimate of drug-likeness (QED) is 0.216. The molecule has 0 unspecified atom stereocenters. The Hall–Kier alpha value is -2.20. The average Bonchev–Trinajstić information content (AvgIpc) is 2.90. The highest BCUT2D eigenvalue weighted by Crippen LogP contribution is 2.35. The zero-order valence-corrected chi connectivity index (χ0v) is 24.3. The minimum absolute atomic E-state index is 0.0132. The van der Waals surface area contributed by atoms with Gasteiger partial charge < -0.3 is 29.6 Å². The maximum Gasteiger partial charge on any atom is 0.323 e. The van der Waals surface area contributed by atoms with Crippen molar-refractivity contribution in [3.05, 3.63) is 0 Å². The van der Waals surface area contributed by atoms with Crippen LogP contribution in [0.25, 0.3) is 0 Å². The molecule has 0 saturated heterocycles. The molecule has 0 spiro atoms. The van der Waals surface area contributed by atoms with Gasteiger partial charge in [0.1, 0.15) is 12.1 Å². The molecule has 2 saturated carbocycles. The highest BCUT2D eigenvalue weighted by molar-refractivity contribution is 5.83. The highest BCUT2D eigenvalue weighted by atomic mass is 16.5. The van der Waals surface area contributed by atoms with Gasteiger partial charge in [-0.3, -0.25) is 19.2 Å². The maximum absolute atomic E-state index is 12.4. The van der Waals surface area contributed by atoms with E-state index in [1.54, 1.807) is 27.7 Å². The van der Waals surface area contributed by atoms with E-state index in [1.807, 2.05) is 0 Å². The molecule has 0 aromatic carbocycles. The third-order valence-corrected chi connectivity index (χ3v) is 7.73. The van der Waals surface area contributed by atoms with Crippen LogP contribution >= 0.6 is 0 Å². The summed E-state index contributed by atoms with van der Waals surface area (Å²) in [6.07, 6.45) is 9.40. The maximum atomic E-state index is 12.4. The van der Waals surface area contributed by atoms with E-state index in [-0.39, 0.29) is 51.4 Å². The fourth-order valence-electron chi connectivity index (χ4n) is 5.85. The fraction of sp³-hybridized carbons (Fsp3) is 0.862. The summed E-state index contributed by atoms with van der Waals surface area (Å²) in [4.78, 5) is 48.7. The summed E-state index contributed by atoms with van der Waals surface area (Å²) in [7, 11) is 0. The molecule has 0 aliphatic heterocycles. The van der Waals surface area contributed by atoms with Crippen molar-refractivity contribution in [2.75, 3.05) is 26.4 Å². The Morgan fingerprint density at radius 1 is 0.564 bits per heavy atom. The molecular weight excluding hydrogens is 504 g/mol. The Morgan fingerprint density at radius 2 is 0.897 bits per heavy atom. The second-order valence-corrected chi connectivity index (χ2v) is 10.6. The van der Waals surface area contributed by atoms with Crippen LogP contribution in [0.4, 0.5) is 0 Å². The minimum atomic E-state index is -0.671. The van der Waals surface area contributed by atoms with Crippen LogP contribution in [0.15, 0.2) is 0 Å². The molecule has 10 nitrogen and oxygen atoms in total. The molecule has 0 aromatic heterocycles. The molecule has 224 valence electrons. The van der Waals surface area contributed by atoms with Crippen molar-refractivity contribution >= 4 is 23.9 Å². The number of carbonyl (C=O) groups excluding carboxylic acids is 4. The zero-order chi connectivity index (χ0) is 28.6. The molecule has 0 bridgehead atoms. The second kappa shape index (κ2) is 18.2. The number of hydrogen-bond donors (Lipinski definition) is 2. The lowest BCUT2D eigenvalue weighted by Crippen LogP contribution is -2.47. The van der Waals surface area contributed by atoms with Crippen molar-refractivity contribution in [2.45, 2.75) is 122 Å². The Kier molecular flexibility index (Phi) is 15.4. The Morgan fingerprint density at radius 3 is 1.21 bits per heavy atom. The van der Waals surface area contributed by atoms with Crippen molar-refractivity contribution in [3.8, 4) is 0 Å². The van der Waals surface area contributed by atoms with Crippen molar-refractivity contribution < 1.29 is 38.1 Å². The molecule has 0 amide bonds. The van der Waals surface area contributed by atoms with Crippen molar-refractivity contribution in [1.29, 1.82) is 0 Å². The smallest absolute Gasteiger partial charge is 0.323 e. The predicted molar refractivity (Wildman–Crippen MR) is 146 cm³/mol. The van der Waals surface area contributed by atoms with Gasteiger partial charge in [0.25, 0.3) is 0 Å². The third-order valence-electron chi connectivity index (χ3n) is 7.73. The van der Waals surface area contributed by atoms with Crippen LogP contribution in [0.3, 0.4) is 0 Å². The van der Waals surface area contributed by atoms with Gasteiger partial charge in [0.2, 0.25) is 0 Å². The summed E-state index contributed by atoms with van der Waals surface area (Å²) in [5, 5.41) is 6.73. The molecule has 2 aliphatic carbocycles. The van der Waals surface area contributed by atoms with Gasteiger partial charge in [-0.25, -0.2) is 0 Å². The van der Waals surface area contributed by atoms with E-state index in [0.717, 1.165) is 51.4 Å². The van der Waals surface area contributed by atoms with E-state index in [1.165, 1.54) is 6.42 Å². The summed E-state index contributed by atoms with van der Waals surface area (Å²) in [5.41, 5.74) is 0. The molecular formula is C29H50N2O8. The molecule has 2 N–H and O–H groups in total. The molecule has 10 heteroatoms. The lowest BCUT2D eigenvalue weighted by atomic mass is 9.75. The normalized spacial score (nSPS) is 24.7. The molecule has 2 atom stereocenters. The van der Waals surface area contributed by atoms with Gasteiger partial charge in [-0.05, 0) is 97.3 Å². The highest BCUT2D eigenvalue weighted by Gasteiger charge is 2.32. The van der Waals surface area contributed by atoms with Crippen molar-refractivity contribution in [3.63, 3.8) is 0 Å². The molecule has 0 radical (unpaired) electrons. The molecule has 2 rings (SSSR count). The van der Waals surface area contributed by atoms with Gasteiger partial charge in [0, 0.05) is 12.1 Å². The lowest BCUT2D eigenvalue weighted by Gasteiger charge is -2.36. The zero-order valence-electron chi connectivity index (χ0n) is 24.3. The first-order valence-corrected chi connectivity index (χ1v) is 15.0. The average molecular weight is 555 g/mol. The summed E-state index contributed by atoms with van der Waals surface area (Å²) < 4.78 is 20.4. The van der Waals surface area contributed by atoms with Gasteiger partial charge in [0.15, 0.2) is 0 Å². The first-order valence-electron chi connectivity index (χ1n) is 15.0. The summed E-state index contributed by atoms with van der Waals surface area (Å²) >= 11 is 0. The summed E-state index contributed by atoms with van der Waals surface area (Å²) in [6.45, 7) is 8.15. The third kappa shape index (κ3) is 12.2. The second-order valence-electron chi connectivity index (χ2n) is 10.6. The number of esters is 4. The van der Waals surface area contributed by atoms with Gasteiger partial charge >= 0.3 is 23.9 Å². The van der Waals surface area contributed by atoms with Crippen LogP contribution in [0.1, 0.15) is 98.3 Å². The van der Waals surface area contributed by atoms with Gasteiger partial charge in [-0.1, -0.05) is 0 Å². The largest absolute Gasteiger partial charge is 0.466 e. The molecule has 2 fully saturated rings. The van der Waals surface area contributed by atoms with Gasteiger partial charge in [0.05, 0.1) is 39.3 Å². The monoisotopic (exact) mass is 554 g/mol. The number of carbonyl (C=O) groups is 4. The van der Waals surface area contributed by atoms with E-state index in [9.17, 15) is 19.2 Å². The lowest BCUT2D eigenvalue weighted by molar-refractivity contribution is -0.152. The van der Waals surface area contributed by atoms with Gasteiger partial charge in [-0.2, -0.15) is 0 Å². The van der Waals surface area contributed by atoms with Crippen LogP contribution in [0.2, 0.25) is 0 Å². The number of hydrogen-bond acceptors (Lipinski definition) is 10. The first-order chi connectivity index (χ1) is 18.8. The van der Waals surface area contributed by atoms with E-state index in [4.69, 9.17) is 18.9 Å². The number of nitrogens with one attached hydrogen (secondary N) is 2. The van der Waals surface area contributed by atoms with Crippen LogP contribution in [-0.4, -0.2) is 74.5 Å². The van der Waals surface area contributed by atoms with Crippen LogP contribution < -0.4 is 10.6 Å². The van der Waals surface area contributed by atoms with Crippen LogP contribution in [0.5, 0.6) is 0 Å². The molecule has 2 aliphatic rings. The Labute approximate surface area is 233 Å². The van der Waals surface area contributed by atoms with Gasteiger partial charge in [-0.15, -0.1) is 0 Å². The number of ether oxygens (including phenoxy) is 4. The Balaban J connectivity index is 1.76. The fourth-order valence-corrected chi connectivity index (χ4v) is 5.85. The van der Waals surface area contributed by atoms with Crippen LogP contribution in [-0.2, 0) is 38.1 Å². The van der Waals surface area contributed by atoms with E-state index < -0.39 is 36.0 Å². The SMILES string of the molecule is CCOC(=O)C[C@H](NC1CCC(CC2CCC(N[C@@H](CC(=O)OCC)C(=O)OCC)CC2)CC1)C(=O)OCC. The van der Waals surface area contributed by atoms with E-state index in [2.05, 4.69) is 10.6 Å². The topological polar surface area (TPSA) is 129 Å². The van der Waals surface area contributed by atoms with E-state index in [0.29, 0.717) is 11.8 Å². The number of rotatable bonds is 16. The Bertz CT molecular complexity index is 698. The summed E-state index contributed by atoms with van der Waals surface area (Å²) in [6, 6.07) is -0.973. The molecule has 39 heavy (non-hydrogen) atoms. The van der Waals surface area contributed by atoms with Crippen molar-refractivity contribution in [2.24, 2.45) is 11.8 Å². The minimum Gasteiger partial charge on any atom is -0.466 e. The van der Waals surface area contributed by atoms with E-state index >= 15 is 0 Å². The first kappa shape index (κ1) is 33.0. The van der Waals surface area contributed by atoms with Crippen LogP contribution in [0, 0.1) is 11.8 Å². The molecule has 0 aromatic rings. The van der Waals surface area contributed by atoms with Crippen molar-refractivity contribution in [1.82, 2.24) is 10.6 Å².